The lowest BCUT2D eigenvalue weighted by Gasteiger charge is -2.34. The highest BCUT2D eigenvalue weighted by molar-refractivity contribution is 5.85. The van der Waals surface area contributed by atoms with Crippen LogP contribution in [-0.2, 0) is 4.79 Å². The van der Waals surface area contributed by atoms with Gasteiger partial charge in [0.1, 0.15) is 0 Å². The molecule has 3 nitrogen and oxygen atoms in total. The van der Waals surface area contributed by atoms with Gasteiger partial charge in [-0.25, -0.2) is 8.78 Å². The highest BCUT2D eigenvalue weighted by Gasteiger charge is 2.47. The zero-order valence-corrected chi connectivity index (χ0v) is 14.0. The lowest BCUT2D eigenvalue weighted by atomic mass is 9.92. The standard InChI is InChI=1S/C17H22F2N2O.ClH/c1-10(20)11-4-3-7-21(9-11)17(22)14-8-13(14)12-5-2-6-15(18)16(12)19;/h2,5-6,10-11,13-14H,3-4,7-9,20H2,1H3;1H. The van der Waals surface area contributed by atoms with Gasteiger partial charge in [-0.1, -0.05) is 12.1 Å². The number of carbonyl (C=O) groups is 1. The second-order valence-corrected chi connectivity index (χ2v) is 6.64. The first-order valence-electron chi connectivity index (χ1n) is 7.97. The number of nitrogens with two attached hydrogens (primary N) is 1. The van der Waals surface area contributed by atoms with Crippen LogP contribution in [0.5, 0.6) is 0 Å². The number of carbonyl (C=O) groups excluding carboxylic acids is 1. The highest BCUT2D eigenvalue weighted by Crippen LogP contribution is 2.49. The van der Waals surface area contributed by atoms with Gasteiger partial charge < -0.3 is 10.6 Å². The molecule has 1 aliphatic heterocycles. The van der Waals surface area contributed by atoms with Crippen molar-refractivity contribution in [3.05, 3.63) is 35.4 Å². The Morgan fingerprint density at radius 1 is 1.39 bits per heavy atom. The molecule has 1 saturated heterocycles. The number of halogens is 3. The zero-order valence-electron chi connectivity index (χ0n) is 13.2. The summed E-state index contributed by atoms with van der Waals surface area (Å²) >= 11 is 0. The van der Waals surface area contributed by atoms with Gasteiger partial charge in [-0.2, -0.15) is 0 Å². The van der Waals surface area contributed by atoms with E-state index in [1.54, 1.807) is 6.07 Å². The normalized spacial score (nSPS) is 28.0. The summed E-state index contributed by atoms with van der Waals surface area (Å²) in [6, 6.07) is 4.26. The first-order chi connectivity index (χ1) is 10.5. The molecule has 4 atom stereocenters. The number of nitrogens with zero attached hydrogens (tertiary/aromatic N) is 1. The lowest BCUT2D eigenvalue weighted by molar-refractivity contribution is -0.134. The molecule has 6 heteroatoms. The molecular formula is C17H23ClF2N2O. The molecule has 1 aliphatic carbocycles. The third-order valence-electron chi connectivity index (χ3n) is 5.00. The monoisotopic (exact) mass is 344 g/mol. The largest absolute Gasteiger partial charge is 0.342 e. The Morgan fingerprint density at radius 2 is 2.13 bits per heavy atom. The smallest absolute Gasteiger partial charge is 0.226 e. The molecule has 2 fully saturated rings. The molecular weight excluding hydrogens is 322 g/mol. The summed E-state index contributed by atoms with van der Waals surface area (Å²) in [5.74, 6) is -1.64. The van der Waals surface area contributed by atoms with Crippen molar-refractivity contribution in [1.29, 1.82) is 0 Å². The van der Waals surface area contributed by atoms with Crippen LogP contribution in [0.4, 0.5) is 8.78 Å². The van der Waals surface area contributed by atoms with Gasteiger partial charge in [0.2, 0.25) is 5.91 Å². The first kappa shape index (κ1) is 18.1. The third kappa shape index (κ3) is 3.66. The molecule has 0 radical (unpaired) electrons. The van der Waals surface area contributed by atoms with Gasteiger partial charge in [-0.05, 0) is 49.7 Å². The Balaban J connectivity index is 0.00000192. The lowest BCUT2D eigenvalue weighted by Crippen LogP contribution is -2.45. The van der Waals surface area contributed by atoms with Gasteiger partial charge in [0.25, 0.3) is 0 Å². The molecule has 1 aromatic carbocycles. The predicted octanol–water partition coefficient (Wildman–Crippen LogP) is 3.08. The van der Waals surface area contributed by atoms with E-state index in [4.69, 9.17) is 5.73 Å². The number of likely N-dealkylation sites (tertiary alicyclic amines) is 1. The van der Waals surface area contributed by atoms with E-state index in [1.807, 2.05) is 11.8 Å². The van der Waals surface area contributed by atoms with Crippen molar-refractivity contribution in [3.63, 3.8) is 0 Å². The summed E-state index contributed by atoms with van der Waals surface area (Å²) in [4.78, 5) is 14.4. The van der Waals surface area contributed by atoms with Gasteiger partial charge in [0, 0.05) is 25.0 Å². The van der Waals surface area contributed by atoms with Crippen LogP contribution in [0.1, 0.15) is 37.7 Å². The molecule has 128 valence electrons. The second kappa shape index (κ2) is 7.14. The minimum absolute atomic E-state index is 0. The van der Waals surface area contributed by atoms with Crippen molar-refractivity contribution < 1.29 is 13.6 Å². The van der Waals surface area contributed by atoms with Crippen LogP contribution >= 0.6 is 12.4 Å². The van der Waals surface area contributed by atoms with Gasteiger partial charge in [-0.3, -0.25) is 4.79 Å². The molecule has 2 N–H and O–H groups in total. The number of hydrogen-bond donors (Lipinski definition) is 1. The molecule has 1 aromatic rings. The summed E-state index contributed by atoms with van der Waals surface area (Å²) in [6.07, 6.45) is 2.62. The summed E-state index contributed by atoms with van der Waals surface area (Å²) in [7, 11) is 0. The molecule has 1 heterocycles. The van der Waals surface area contributed by atoms with Gasteiger partial charge in [-0.15, -0.1) is 12.4 Å². The van der Waals surface area contributed by atoms with Crippen LogP contribution in [0.3, 0.4) is 0 Å². The van der Waals surface area contributed by atoms with Crippen molar-refractivity contribution in [3.8, 4) is 0 Å². The van der Waals surface area contributed by atoms with Crippen molar-refractivity contribution in [2.45, 2.75) is 38.1 Å². The number of amides is 1. The fourth-order valence-electron chi connectivity index (χ4n) is 3.49. The van der Waals surface area contributed by atoms with Crippen LogP contribution in [-0.4, -0.2) is 29.9 Å². The van der Waals surface area contributed by atoms with Crippen molar-refractivity contribution in [2.75, 3.05) is 13.1 Å². The first-order valence-corrected chi connectivity index (χ1v) is 7.97. The fraction of sp³-hybridized carbons (Fsp3) is 0.588. The van der Waals surface area contributed by atoms with E-state index in [0.717, 1.165) is 25.5 Å². The Morgan fingerprint density at radius 3 is 2.83 bits per heavy atom. The Hall–Kier alpha value is -1.20. The van der Waals surface area contributed by atoms with E-state index in [2.05, 4.69) is 0 Å². The van der Waals surface area contributed by atoms with Crippen LogP contribution in [0.15, 0.2) is 18.2 Å². The van der Waals surface area contributed by atoms with E-state index < -0.39 is 11.6 Å². The summed E-state index contributed by atoms with van der Waals surface area (Å²) in [5, 5.41) is 0. The maximum absolute atomic E-state index is 13.8. The quantitative estimate of drug-likeness (QED) is 0.916. The molecule has 1 saturated carbocycles. The molecule has 0 spiro atoms. The Bertz CT molecular complexity index is 582. The molecule has 0 bridgehead atoms. The second-order valence-electron chi connectivity index (χ2n) is 6.64. The maximum Gasteiger partial charge on any atom is 0.226 e. The highest BCUT2D eigenvalue weighted by atomic mass is 35.5. The van der Waals surface area contributed by atoms with Crippen molar-refractivity contribution in [1.82, 2.24) is 4.90 Å². The van der Waals surface area contributed by atoms with Crippen LogP contribution in [0.2, 0.25) is 0 Å². The van der Waals surface area contributed by atoms with Crippen LogP contribution in [0.25, 0.3) is 0 Å². The molecule has 1 amide bonds. The summed E-state index contributed by atoms with van der Waals surface area (Å²) in [5.41, 5.74) is 6.28. The number of piperidine rings is 1. The minimum Gasteiger partial charge on any atom is -0.342 e. The minimum atomic E-state index is -0.842. The summed E-state index contributed by atoms with van der Waals surface area (Å²) < 4.78 is 27.1. The van der Waals surface area contributed by atoms with Gasteiger partial charge in [0.05, 0.1) is 0 Å². The Labute approximate surface area is 141 Å². The number of benzene rings is 1. The van der Waals surface area contributed by atoms with E-state index >= 15 is 0 Å². The van der Waals surface area contributed by atoms with Crippen molar-refractivity contribution in [2.24, 2.45) is 17.6 Å². The molecule has 0 aromatic heterocycles. The van der Waals surface area contributed by atoms with E-state index in [9.17, 15) is 13.6 Å². The van der Waals surface area contributed by atoms with E-state index in [0.29, 0.717) is 24.4 Å². The third-order valence-corrected chi connectivity index (χ3v) is 5.00. The molecule has 2 aliphatic rings. The predicted molar refractivity (Wildman–Crippen MR) is 87.4 cm³/mol. The van der Waals surface area contributed by atoms with Crippen LogP contribution in [0, 0.1) is 23.5 Å². The van der Waals surface area contributed by atoms with Crippen LogP contribution < -0.4 is 5.73 Å². The average Bonchev–Trinajstić information content (AvgIpc) is 3.29. The SMILES string of the molecule is CC(N)C1CCCN(C(=O)C2CC2c2cccc(F)c2F)C1.Cl. The number of hydrogen-bond acceptors (Lipinski definition) is 2. The molecule has 23 heavy (non-hydrogen) atoms. The van der Waals surface area contributed by atoms with Gasteiger partial charge >= 0.3 is 0 Å². The Kier molecular flexibility index (Phi) is 5.63. The van der Waals surface area contributed by atoms with Gasteiger partial charge in [0.15, 0.2) is 11.6 Å². The maximum atomic E-state index is 13.8. The number of rotatable bonds is 3. The molecule has 3 rings (SSSR count). The molecule has 4 unspecified atom stereocenters. The topological polar surface area (TPSA) is 46.3 Å². The van der Waals surface area contributed by atoms with E-state index in [1.165, 1.54) is 6.07 Å². The van der Waals surface area contributed by atoms with Crippen molar-refractivity contribution >= 4 is 18.3 Å². The summed E-state index contributed by atoms with van der Waals surface area (Å²) in [6.45, 7) is 3.41. The zero-order chi connectivity index (χ0) is 15.9. The van der Waals surface area contributed by atoms with E-state index in [-0.39, 0.29) is 36.2 Å². The average molecular weight is 345 g/mol. The fourth-order valence-corrected chi connectivity index (χ4v) is 3.49.